The smallest absolute Gasteiger partial charge is 0.0348 e. The molecule has 90 valence electrons. The van der Waals surface area contributed by atoms with Crippen molar-refractivity contribution in [3.8, 4) is 0 Å². The van der Waals surface area contributed by atoms with Crippen molar-refractivity contribution in [3.63, 3.8) is 0 Å². The second-order valence-electron chi connectivity index (χ2n) is 3.56. The Morgan fingerprint density at radius 3 is 2.50 bits per heavy atom. The van der Waals surface area contributed by atoms with Gasteiger partial charge in [-0.15, -0.1) is 23.5 Å². The molecule has 0 bridgehead atoms. The molecule has 1 aromatic rings. The number of rotatable bonds is 6. The van der Waals surface area contributed by atoms with Crippen LogP contribution >= 0.6 is 39.5 Å². The second-order valence-corrected chi connectivity index (χ2v) is 6.08. The number of nitrogens with two attached hydrogens (primary N) is 1. The summed E-state index contributed by atoms with van der Waals surface area (Å²) in [6.45, 7) is 0.791. The maximum absolute atomic E-state index is 5.51. The molecular weight excluding hydrogens is 302 g/mol. The molecule has 0 spiro atoms. The average molecular weight is 320 g/mol. The summed E-state index contributed by atoms with van der Waals surface area (Å²) in [6, 6.07) is 4.54. The number of halogens is 1. The third kappa shape index (κ3) is 3.99. The summed E-state index contributed by atoms with van der Waals surface area (Å²) in [4.78, 5) is 2.71. The van der Waals surface area contributed by atoms with Crippen LogP contribution in [0.1, 0.15) is 18.4 Å². The Morgan fingerprint density at radius 1 is 1.19 bits per heavy atom. The highest BCUT2D eigenvalue weighted by Crippen LogP contribution is 2.36. The zero-order valence-electron chi connectivity index (χ0n) is 9.75. The van der Waals surface area contributed by atoms with E-state index in [2.05, 4.69) is 40.6 Å². The van der Waals surface area contributed by atoms with Crippen molar-refractivity contribution in [2.24, 2.45) is 5.73 Å². The Labute approximate surface area is 115 Å². The molecule has 0 amide bonds. The van der Waals surface area contributed by atoms with Gasteiger partial charge < -0.3 is 5.73 Å². The molecule has 0 saturated heterocycles. The summed E-state index contributed by atoms with van der Waals surface area (Å²) < 4.78 is 1.22. The van der Waals surface area contributed by atoms with Crippen molar-refractivity contribution < 1.29 is 0 Å². The van der Waals surface area contributed by atoms with Crippen molar-refractivity contribution in [1.29, 1.82) is 0 Å². The number of thioether (sulfide) groups is 2. The van der Waals surface area contributed by atoms with E-state index in [1.165, 1.54) is 26.2 Å². The van der Waals surface area contributed by atoms with E-state index >= 15 is 0 Å². The van der Waals surface area contributed by atoms with Crippen LogP contribution in [0.4, 0.5) is 0 Å². The van der Waals surface area contributed by atoms with Crippen LogP contribution < -0.4 is 5.73 Å². The minimum atomic E-state index is 0.791. The highest BCUT2D eigenvalue weighted by Gasteiger charge is 2.07. The quantitative estimate of drug-likeness (QED) is 0.629. The zero-order chi connectivity index (χ0) is 12.0. The van der Waals surface area contributed by atoms with E-state index in [4.69, 9.17) is 5.73 Å². The van der Waals surface area contributed by atoms with Gasteiger partial charge in [0.25, 0.3) is 0 Å². The molecule has 2 N–H and O–H groups in total. The fourth-order valence-electron chi connectivity index (χ4n) is 1.59. The SMILES string of the molecule is CSc1cc(CCCCN)cc(Br)c1SC. The van der Waals surface area contributed by atoms with E-state index in [9.17, 15) is 0 Å². The van der Waals surface area contributed by atoms with Gasteiger partial charge in [-0.2, -0.15) is 0 Å². The number of hydrogen-bond acceptors (Lipinski definition) is 3. The van der Waals surface area contributed by atoms with Crippen LogP contribution in [0, 0.1) is 0 Å². The van der Waals surface area contributed by atoms with Crippen molar-refractivity contribution >= 4 is 39.5 Å². The number of benzene rings is 1. The number of hydrogen-bond donors (Lipinski definition) is 1. The summed E-state index contributed by atoms with van der Waals surface area (Å²) in [7, 11) is 0. The highest BCUT2D eigenvalue weighted by atomic mass is 79.9. The van der Waals surface area contributed by atoms with Gasteiger partial charge in [0.05, 0.1) is 0 Å². The first-order valence-corrected chi connectivity index (χ1v) is 8.57. The van der Waals surface area contributed by atoms with Crippen LogP contribution in [0.25, 0.3) is 0 Å². The molecule has 16 heavy (non-hydrogen) atoms. The number of unbranched alkanes of at least 4 members (excludes halogenated alkanes) is 1. The van der Waals surface area contributed by atoms with Gasteiger partial charge in [0.2, 0.25) is 0 Å². The van der Waals surface area contributed by atoms with E-state index in [0.717, 1.165) is 19.4 Å². The molecule has 0 radical (unpaired) electrons. The summed E-state index contributed by atoms with van der Waals surface area (Å²) in [5.41, 5.74) is 6.91. The van der Waals surface area contributed by atoms with Crippen LogP contribution in [0.3, 0.4) is 0 Å². The fraction of sp³-hybridized carbons (Fsp3) is 0.500. The first-order valence-electron chi connectivity index (χ1n) is 5.33. The lowest BCUT2D eigenvalue weighted by Crippen LogP contribution is -1.99. The molecule has 1 aromatic carbocycles. The van der Waals surface area contributed by atoms with Crippen molar-refractivity contribution in [2.45, 2.75) is 29.1 Å². The van der Waals surface area contributed by atoms with E-state index in [0.29, 0.717) is 0 Å². The van der Waals surface area contributed by atoms with Crippen molar-refractivity contribution in [3.05, 3.63) is 22.2 Å². The summed E-state index contributed by atoms with van der Waals surface area (Å²) in [5, 5.41) is 0. The first kappa shape index (κ1) is 14.4. The highest BCUT2D eigenvalue weighted by molar-refractivity contribution is 9.10. The molecule has 0 atom stereocenters. The second kappa shape index (κ2) is 7.64. The Bertz CT molecular complexity index is 342. The lowest BCUT2D eigenvalue weighted by atomic mass is 10.1. The van der Waals surface area contributed by atoms with Crippen LogP contribution in [0.5, 0.6) is 0 Å². The van der Waals surface area contributed by atoms with Crippen LogP contribution in [0.15, 0.2) is 26.4 Å². The largest absolute Gasteiger partial charge is 0.330 e. The van der Waals surface area contributed by atoms with Gasteiger partial charge in [-0.3, -0.25) is 0 Å². The van der Waals surface area contributed by atoms with Crippen LogP contribution in [-0.4, -0.2) is 19.1 Å². The standard InChI is InChI=1S/C12H18BrNS2/c1-15-11-8-9(5-3-4-6-14)7-10(13)12(11)16-2/h7-8H,3-6,14H2,1-2H3. The van der Waals surface area contributed by atoms with E-state index in [-0.39, 0.29) is 0 Å². The Balaban J connectivity index is 2.83. The maximum Gasteiger partial charge on any atom is 0.0348 e. The summed E-state index contributed by atoms with van der Waals surface area (Å²) in [6.07, 6.45) is 7.66. The Kier molecular flexibility index (Phi) is 6.89. The molecular formula is C12H18BrNS2. The van der Waals surface area contributed by atoms with Gasteiger partial charge in [-0.25, -0.2) is 0 Å². The molecule has 0 saturated carbocycles. The molecule has 1 rings (SSSR count). The third-order valence-corrected chi connectivity index (χ3v) is 5.04. The molecule has 0 aliphatic heterocycles. The molecule has 0 aliphatic rings. The molecule has 1 nitrogen and oxygen atoms in total. The van der Waals surface area contributed by atoms with E-state index in [1.807, 2.05) is 11.8 Å². The van der Waals surface area contributed by atoms with Gasteiger partial charge in [-0.05, 0) is 71.9 Å². The third-order valence-electron chi connectivity index (χ3n) is 2.41. The van der Waals surface area contributed by atoms with E-state index < -0.39 is 0 Å². The monoisotopic (exact) mass is 319 g/mol. The predicted octanol–water partition coefficient (Wildman–Crippen LogP) is 4.17. The van der Waals surface area contributed by atoms with Crippen LogP contribution in [-0.2, 0) is 6.42 Å². The van der Waals surface area contributed by atoms with Gasteiger partial charge in [-0.1, -0.05) is 0 Å². The minimum absolute atomic E-state index is 0.791. The van der Waals surface area contributed by atoms with Crippen LogP contribution in [0.2, 0.25) is 0 Å². The fourth-order valence-corrected chi connectivity index (χ4v) is 4.29. The summed E-state index contributed by atoms with van der Waals surface area (Å²) in [5.74, 6) is 0. The zero-order valence-corrected chi connectivity index (χ0v) is 13.0. The topological polar surface area (TPSA) is 26.0 Å². The molecule has 0 aromatic heterocycles. The Hall–Kier alpha value is 0.360. The number of aryl methyl sites for hydroxylation is 1. The van der Waals surface area contributed by atoms with Crippen molar-refractivity contribution in [2.75, 3.05) is 19.1 Å². The molecule has 0 unspecified atom stereocenters. The Morgan fingerprint density at radius 2 is 1.94 bits per heavy atom. The van der Waals surface area contributed by atoms with Gasteiger partial charge in [0, 0.05) is 14.3 Å². The average Bonchev–Trinajstić information content (AvgIpc) is 2.28. The molecule has 4 heteroatoms. The van der Waals surface area contributed by atoms with Crippen molar-refractivity contribution in [1.82, 2.24) is 0 Å². The molecule has 0 fully saturated rings. The van der Waals surface area contributed by atoms with Gasteiger partial charge in [0.1, 0.15) is 0 Å². The lowest BCUT2D eigenvalue weighted by Gasteiger charge is -2.10. The predicted molar refractivity (Wildman–Crippen MR) is 79.7 cm³/mol. The summed E-state index contributed by atoms with van der Waals surface area (Å²) >= 11 is 7.26. The minimum Gasteiger partial charge on any atom is -0.330 e. The molecule has 0 aliphatic carbocycles. The lowest BCUT2D eigenvalue weighted by molar-refractivity contribution is 0.742. The maximum atomic E-state index is 5.51. The molecule has 0 heterocycles. The first-order chi connectivity index (χ1) is 7.72. The van der Waals surface area contributed by atoms with Gasteiger partial charge in [0.15, 0.2) is 0 Å². The normalized spacial score (nSPS) is 10.8. The van der Waals surface area contributed by atoms with Gasteiger partial charge >= 0.3 is 0 Å². The van der Waals surface area contributed by atoms with E-state index in [1.54, 1.807) is 11.8 Å².